The quantitative estimate of drug-likeness (QED) is 0.175. The summed E-state index contributed by atoms with van der Waals surface area (Å²) in [7, 11) is -8.95. The minimum atomic E-state index is -10.7. The van der Waals surface area contributed by atoms with Crippen LogP contribution in [-0.2, 0) is 35.8 Å². The van der Waals surface area contributed by atoms with Gasteiger partial charge in [0.1, 0.15) is 5.57 Å². The molecule has 140 valence electrons. The monoisotopic (exact) mass is 422 g/mol. The molecular weight excluding hydrogens is 409 g/mol. The fraction of sp³-hybridized carbons (Fsp3) is 0.333. The predicted molar refractivity (Wildman–Crippen MR) is 67.7 cm³/mol. The van der Waals surface area contributed by atoms with Crippen molar-refractivity contribution < 1.29 is 60.9 Å². The van der Waals surface area contributed by atoms with Crippen molar-refractivity contribution in [3.63, 3.8) is 0 Å². The van der Waals surface area contributed by atoms with E-state index in [4.69, 9.17) is 18.7 Å². The van der Waals surface area contributed by atoms with Crippen LogP contribution < -0.4 is 0 Å². The Balaban J connectivity index is -0.0000000762. The molecule has 0 heterocycles. The molecule has 0 N–H and O–H groups in total. The zero-order valence-electron chi connectivity index (χ0n) is 12.6. The first-order valence-electron chi connectivity index (χ1n) is 5.12. The Morgan fingerprint density at radius 1 is 0.958 bits per heavy atom. The molecule has 0 unspecified atom stereocenters. The van der Waals surface area contributed by atoms with Crippen LogP contribution >= 0.6 is 7.81 Å². The number of hydrogen-bond donors (Lipinski definition) is 0. The Hall–Kier alpha value is -1.10. The zero-order valence-corrected chi connectivity index (χ0v) is 14.6. The second-order valence-electron chi connectivity index (χ2n) is 3.61. The summed E-state index contributed by atoms with van der Waals surface area (Å²) in [6, 6.07) is 0. The van der Waals surface area contributed by atoms with Crippen LogP contribution in [-0.4, -0.2) is 7.11 Å². The molecule has 0 amide bonds. The Morgan fingerprint density at radius 3 is 1.46 bits per heavy atom. The SMILES string of the molecule is COC1=C(C)C=C(C)C[CH+]1.F[P-](F)(F)(F)(F)F.[C-]#[O+].[C-]#[O+].[C-]#[O+].[Fe]. The van der Waals surface area contributed by atoms with Gasteiger partial charge in [0.25, 0.3) is 5.76 Å². The molecule has 0 aliphatic heterocycles. The summed E-state index contributed by atoms with van der Waals surface area (Å²) in [5, 5.41) is 0. The Kier molecular flexibility index (Phi) is 18.9. The molecule has 0 atom stereocenters. The van der Waals surface area contributed by atoms with E-state index in [1.165, 1.54) is 11.1 Å². The molecule has 1 aliphatic carbocycles. The average molecular weight is 422 g/mol. The summed E-state index contributed by atoms with van der Waals surface area (Å²) >= 11 is 0. The van der Waals surface area contributed by atoms with Crippen LogP contribution in [0.15, 0.2) is 23.0 Å². The number of rotatable bonds is 1. The van der Waals surface area contributed by atoms with Crippen LogP contribution in [0.25, 0.3) is 0 Å². The second kappa shape index (κ2) is 13.2. The van der Waals surface area contributed by atoms with Crippen LogP contribution in [0.3, 0.4) is 0 Å². The van der Waals surface area contributed by atoms with Crippen LogP contribution in [0.1, 0.15) is 20.3 Å². The Labute approximate surface area is 146 Å². The summed E-state index contributed by atoms with van der Waals surface area (Å²) in [5.41, 5.74) is 2.63. The molecule has 12 heteroatoms. The van der Waals surface area contributed by atoms with Gasteiger partial charge in [-0.15, -0.1) is 0 Å². The normalized spacial score (nSPS) is 14.5. The van der Waals surface area contributed by atoms with E-state index in [-0.39, 0.29) is 17.1 Å². The van der Waals surface area contributed by atoms with Gasteiger partial charge in [-0.25, -0.2) is 0 Å². The first kappa shape index (κ1) is 34.3. The molecule has 0 radical (unpaired) electrons. The van der Waals surface area contributed by atoms with Crippen molar-refractivity contribution in [3.05, 3.63) is 49.4 Å². The predicted octanol–water partition coefficient (Wildman–Crippen LogP) is 5.73. The smallest absolute Gasteiger partial charge is 0 e. The van der Waals surface area contributed by atoms with Crippen LogP contribution in [0.4, 0.5) is 25.2 Å². The summed E-state index contributed by atoms with van der Waals surface area (Å²) in [4.78, 5) is 0. The summed E-state index contributed by atoms with van der Waals surface area (Å²) < 4.78 is 86.8. The average Bonchev–Trinajstić information content (AvgIpc) is 2.42. The van der Waals surface area contributed by atoms with E-state index in [1.54, 1.807) is 7.11 Å². The van der Waals surface area contributed by atoms with Gasteiger partial charge in [-0.2, -0.15) is 0 Å². The molecule has 0 spiro atoms. The Bertz CT molecular complexity index is 451. The molecular formula is C12H13F6FeO4P. The van der Waals surface area contributed by atoms with E-state index in [0.29, 0.717) is 0 Å². The standard InChI is InChI=1S/C9H13O.3CO.F6P.Fe/c1-7-4-5-9(10-3)8(2)6-7;3*1-2;1-7(2,3,4,5)6;/h5-6H,4H2,1-3H3;;;;;/q+1;;;;-1;. The number of hydrogen-bond acceptors (Lipinski definition) is 1. The number of halogens is 6. The molecule has 0 saturated carbocycles. The molecule has 4 nitrogen and oxygen atoms in total. The van der Waals surface area contributed by atoms with Gasteiger partial charge in [0.2, 0.25) is 0 Å². The van der Waals surface area contributed by atoms with Crippen LogP contribution in [0.5, 0.6) is 0 Å². The maximum Gasteiger partial charge on any atom is 0 e. The van der Waals surface area contributed by atoms with Crippen molar-refractivity contribution in [3.8, 4) is 0 Å². The van der Waals surface area contributed by atoms with Crippen molar-refractivity contribution in [1.82, 2.24) is 0 Å². The van der Waals surface area contributed by atoms with Crippen molar-refractivity contribution in [1.29, 1.82) is 0 Å². The van der Waals surface area contributed by atoms with E-state index in [0.717, 1.165) is 12.2 Å². The third kappa shape index (κ3) is 42.8. The van der Waals surface area contributed by atoms with E-state index < -0.39 is 7.81 Å². The fourth-order valence-corrected chi connectivity index (χ4v) is 1.16. The largest absolute Gasteiger partial charge is 0 e. The van der Waals surface area contributed by atoms with E-state index in [1.807, 2.05) is 0 Å². The maximum atomic E-state index is 9.87. The van der Waals surface area contributed by atoms with E-state index in [9.17, 15) is 25.2 Å². The first-order valence-corrected chi connectivity index (χ1v) is 7.15. The number of allylic oxidation sites excluding steroid dienone is 4. The summed E-state index contributed by atoms with van der Waals surface area (Å²) in [6.45, 7) is 17.7. The topological polar surface area (TPSA) is 68.9 Å². The van der Waals surface area contributed by atoms with Crippen molar-refractivity contribution in [2.24, 2.45) is 0 Å². The summed E-state index contributed by atoms with van der Waals surface area (Å²) in [6.07, 6.45) is 5.31. The van der Waals surface area contributed by atoms with Gasteiger partial charge in [-0.05, 0) is 12.5 Å². The molecule has 1 aliphatic rings. The minimum absolute atomic E-state index is 0. The molecule has 0 aromatic carbocycles. The summed E-state index contributed by atoms with van der Waals surface area (Å²) in [5.74, 6) is 1.02. The minimum Gasteiger partial charge on any atom is 0 e. The fourth-order valence-electron chi connectivity index (χ4n) is 1.16. The maximum absolute atomic E-state index is 10.7. The van der Waals surface area contributed by atoms with E-state index >= 15 is 0 Å². The molecule has 0 aromatic rings. The van der Waals surface area contributed by atoms with Crippen LogP contribution in [0.2, 0.25) is 0 Å². The van der Waals surface area contributed by atoms with Crippen molar-refractivity contribution >= 4 is 7.81 Å². The van der Waals surface area contributed by atoms with Gasteiger partial charge in [0, 0.05) is 30.1 Å². The third-order valence-corrected chi connectivity index (χ3v) is 1.68. The molecule has 24 heavy (non-hydrogen) atoms. The second-order valence-corrected chi connectivity index (χ2v) is 5.53. The molecule has 0 saturated heterocycles. The van der Waals surface area contributed by atoms with Crippen LogP contribution in [0, 0.1) is 26.4 Å². The van der Waals surface area contributed by atoms with Gasteiger partial charge < -0.3 is 4.74 Å². The first-order chi connectivity index (χ1) is 10.2. The van der Waals surface area contributed by atoms with Gasteiger partial charge in [0.05, 0.1) is 20.0 Å². The molecule has 0 bridgehead atoms. The number of ether oxygens (including phenoxy) is 1. The van der Waals surface area contributed by atoms with Crippen molar-refractivity contribution in [2.45, 2.75) is 20.3 Å². The van der Waals surface area contributed by atoms with Gasteiger partial charge in [-0.1, -0.05) is 0 Å². The zero-order chi connectivity index (χ0) is 20.0. The van der Waals surface area contributed by atoms with Gasteiger partial charge >= 0.3 is 66.9 Å². The number of methoxy groups -OCH3 is 1. The molecule has 0 aromatic heterocycles. The van der Waals surface area contributed by atoms with E-state index in [2.05, 4.69) is 46.3 Å². The Morgan fingerprint density at radius 2 is 1.25 bits per heavy atom. The van der Waals surface area contributed by atoms with Crippen molar-refractivity contribution in [2.75, 3.05) is 7.11 Å². The van der Waals surface area contributed by atoms with Gasteiger partial charge in [-0.3, -0.25) is 0 Å². The molecule has 0 fully saturated rings. The third-order valence-electron chi connectivity index (χ3n) is 1.68. The van der Waals surface area contributed by atoms with Gasteiger partial charge in [0.15, 0.2) is 0 Å². The molecule has 1 rings (SSSR count).